The molecule has 0 atom stereocenters. The Bertz CT molecular complexity index is 1040. The molecule has 0 aliphatic carbocycles. The van der Waals surface area contributed by atoms with Gasteiger partial charge in [-0.05, 0) is 54.6 Å². The molecule has 0 saturated heterocycles. The average molecular weight is 412 g/mol. The van der Waals surface area contributed by atoms with Gasteiger partial charge >= 0.3 is 0 Å². The minimum Gasteiger partial charge on any atom is -0.278 e. The van der Waals surface area contributed by atoms with Crippen molar-refractivity contribution in [3.8, 4) is 0 Å². The molecule has 0 heterocycles. The van der Waals surface area contributed by atoms with E-state index < -0.39 is 21.7 Å². The number of hydrogen-bond acceptors (Lipinski definition) is 3. The highest BCUT2D eigenvalue weighted by molar-refractivity contribution is 7.99. The predicted molar refractivity (Wildman–Crippen MR) is 99.2 cm³/mol. The third kappa shape index (κ3) is 4.35. The van der Waals surface area contributed by atoms with Gasteiger partial charge in [-0.3, -0.25) is 4.72 Å². The van der Waals surface area contributed by atoms with Crippen molar-refractivity contribution in [2.45, 2.75) is 14.7 Å². The molecule has 0 spiro atoms. The minimum absolute atomic E-state index is 0.331. The Kier molecular flexibility index (Phi) is 5.50. The van der Waals surface area contributed by atoms with Gasteiger partial charge < -0.3 is 0 Å². The maximum Gasteiger partial charge on any atom is 0.262 e. The van der Waals surface area contributed by atoms with Gasteiger partial charge in [-0.15, -0.1) is 0 Å². The van der Waals surface area contributed by atoms with Crippen molar-refractivity contribution in [2.75, 3.05) is 4.72 Å². The van der Waals surface area contributed by atoms with Crippen LogP contribution in [0.2, 0.25) is 5.02 Å². The SMILES string of the molecule is O=S(=O)(Nc1ccccc1Sc1ccc(Cl)cc1)c1ccc(F)c(F)c1. The fraction of sp³-hybridized carbons (Fsp3) is 0. The van der Waals surface area contributed by atoms with E-state index in [1.54, 1.807) is 36.4 Å². The summed E-state index contributed by atoms with van der Waals surface area (Å²) >= 11 is 7.21. The molecule has 0 saturated carbocycles. The summed E-state index contributed by atoms with van der Waals surface area (Å²) in [6.07, 6.45) is 0. The molecule has 0 radical (unpaired) electrons. The molecule has 0 fully saturated rings. The van der Waals surface area contributed by atoms with Crippen LogP contribution in [0.25, 0.3) is 0 Å². The van der Waals surface area contributed by atoms with Crippen molar-refractivity contribution in [1.29, 1.82) is 0 Å². The van der Waals surface area contributed by atoms with Crippen molar-refractivity contribution in [1.82, 2.24) is 0 Å². The van der Waals surface area contributed by atoms with Crippen LogP contribution in [0, 0.1) is 11.6 Å². The number of rotatable bonds is 5. The van der Waals surface area contributed by atoms with Gasteiger partial charge in [-0.1, -0.05) is 35.5 Å². The maximum absolute atomic E-state index is 13.4. The molecule has 3 nitrogen and oxygen atoms in total. The summed E-state index contributed by atoms with van der Waals surface area (Å²) in [6.45, 7) is 0. The number of anilines is 1. The third-order valence-electron chi connectivity index (χ3n) is 3.37. The predicted octanol–water partition coefficient (Wildman–Crippen LogP) is 5.57. The molecule has 0 aromatic heterocycles. The highest BCUT2D eigenvalue weighted by atomic mass is 35.5. The summed E-state index contributed by atoms with van der Waals surface area (Å²) in [7, 11) is -4.07. The van der Waals surface area contributed by atoms with Crippen LogP contribution in [0.5, 0.6) is 0 Å². The Balaban J connectivity index is 1.89. The highest BCUT2D eigenvalue weighted by Crippen LogP contribution is 2.34. The van der Waals surface area contributed by atoms with Crippen LogP contribution in [0.15, 0.2) is 81.4 Å². The molecule has 0 unspecified atom stereocenters. The lowest BCUT2D eigenvalue weighted by Gasteiger charge is -2.12. The topological polar surface area (TPSA) is 46.2 Å². The number of halogens is 3. The smallest absolute Gasteiger partial charge is 0.262 e. The second-order valence-corrected chi connectivity index (χ2v) is 8.47. The van der Waals surface area contributed by atoms with Gasteiger partial charge in [0.05, 0.1) is 10.6 Å². The van der Waals surface area contributed by atoms with Crippen LogP contribution >= 0.6 is 23.4 Å². The summed E-state index contributed by atoms with van der Waals surface area (Å²) < 4.78 is 53.8. The van der Waals surface area contributed by atoms with E-state index in [0.29, 0.717) is 21.7 Å². The van der Waals surface area contributed by atoms with Gasteiger partial charge in [0.2, 0.25) is 0 Å². The zero-order valence-electron chi connectivity index (χ0n) is 13.1. The molecule has 3 aromatic carbocycles. The fourth-order valence-electron chi connectivity index (χ4n) is 2.12. The number of sulfonamides is 1. The van der Waals surface area contributed by atoms with Crippen molar-refractivity contribution >= 4 is 39.1 Å². The third-order valence-corrected chi connectivity index (χ3v) is 6.07. The largest absolute Gasteiger partial charge is 0.278 e. The molecule has 0 aliphatic heterocycles. The number of hydrogen-bond donors (Lipinski definition) is 1. The second kappa shape index (κ2) is 7.65. The quantitative estimate of drug-likeness (QED) is 0.597. The minimum atomic E-state index is -4.07. The van der Waals surface area contributed by atoms with Gasteiger partial charge in [0.25, 0.3) is 10.0 Å². The summed E-state index contributed by atoms with van der Waals surface area (Å²) in [5, 5.41) is 0.599. The summed E-state index contributed by atoms with van der Waals surface area (Å²) in [6, 6.07) is 16.3. The zero-order valence-corrected chi connectivity index (χ0v) is 15.5. The van der Waals surface area contributed by atoms with Gasteiger partial charge in [-0.2, -0.15) is 0 Å². The van der Waals surface area contributed by atoms with Crippen molar-refractivity contribution in [3.63, 3.8) is 0 Å². The van der Waals surface area contributed by atoms with Gasteiger partial charge in [-0.25, -0.2) is 17.2 Å². The number of nitrogens with one attached hydrogen (secondary N) is 1. The Morgan fingerprint density at radius 2 is 1.58 bits per heavy atom. The Morgan fingerprint density at radius 3 is 2.27 bits per heavy atom. The van der Waals surface area contributed by atoms with E-state index in [1.807, 2.05) is 12.1 Å². The first-order valence-electron chi connectivity index (χ1n) is 7.35. The van der Waals surface area contributed by atoms with Crippen molar-refractivity contribution in [3.05, 3.63) is 83.4 Å². The molecule has 134 valence electrons. The van der Waals surface area contributed by atoms with Crippen LogP contribution in [0.3, 0.4) is 0 Å². The molecule has 3 rings (SSSR count). The molecular formula is C18H12ClF2NO2S2. The number of benzene rings is 3. The molecule has 3 aromatic rings. The lowest BCUT2D eigenvalue weighted by molar-refractivity contribution is 0.504. The second-order valence-electron chi connectivity index (χ2n) is 5.23. The van der Waals surface area contributed by atoms with E-state index in [0.717, 1.165) is 17.0 Å². The van der Waals surface area contributed by atoms with E-state index in [4.69, 9.17) is 11.6 Å². The number of para-hydroxylation sites is 1. The monoisotopic (exact) mass is 411 g/mol. The van der Waals surface area contributed by atoms with Gasteiger partial charge in [0.1, 0.15) is 0 Å². The summed E-state index contributed by atoms with van der Waals surface area (Å²) in [5.74, 6) is -2.33. The first kappa shape index (κ1) is 18.7. The fourth-order valence-corrected chi connectivity index (χ4v) is 4.30. The van der Waals surface area contributed by atoms with E-state index >= 15 is 0 Å². The molecule has 0 amide bonds. The maximum atomic E-state index is 13.4. The van der Waals surface area contributed by atoms with Crippen molar-refractivity contribution in [2.24, 2.45) is 0 Å². The van der Waals surface area contributed by atoms with Crippen LogP contribution in [-0.2, 0) is 10.0 Å². The Hall–Kier alpha value is -2.09. The van der Waals surface area contributed by atoms with E-state index in [9.17, 15) is 17.2 Å². The van der Waals surface area contributed by atoms with E-state index in [2.05, 4.69) is 4.72 Å². The van der Waals surface area contributed by atoms with Crippen LogP contribution < -0.4 is 4.72 Å². The average Bonchev–Trinajstić information content (AvgIpc) is 2.60. The highest BCUT2D eigenvalue weighted by Gasteiger charge is 2.18. The van der Waals surface area contributed by atoms with Gasteiger partial charge in [0.15, 0.2) is 11.6 Å². The normalized spacial score (nSPS) is 11.3. The molecule has 1 N–H and O–H groups in total. The first-order chi connectivity index (χ1) is 12.3. The first-order valence-corrected chi connectivity index (χ1v) is 10.0. The Labute approximate surface area is 159 Å². The molecule has 26 heavy (non-hydrogen) atoms. The lowest BCUT2D eigenvalue weighted by Crippen LogP contribution is -2.14. The Morgan fingerprint density at radius 1 is 0.885 bits per heavy atom. The van der Waals surface area contributed by atoms with E-state index in [-0.39, 0.29) is 4.90 Å². The van der Waals surface area contributed by atoms with E-state index in [1.165, 1.54) is 11.8 Å². The lowest BCUT2D eigenvalue weighted by atomic mass is 10.3. The van der Waals surface area contributed by atoms with Crippen LogP contribution in [0.4, 0.5) is 14.5 Å². The molecule has 0 aliphatic rings. The molecular weight excluding hydrogens is 400 g/mol. The van der Waals surface area contributed by atoms with Crippen LogP contribution in [-0.4, -0.2) is 8.42 Å². The summed E-state index contributed by atoms with van der Waals surface area (Å²) in [5.41, 5.74) is 0.331. The molecule has 0 bridgehead atoms. The molecule has 8 heteroatoms. The van der Waals surface area contributed by atoms with Crippen LogP contribution in [0.1, 0.15) is 0 Å². The van der Waals surface area contributed by atoms with Crippen molar-refractivity contribution < 1.29 is 17.2 Å². The zero-order chi connectivity index (χ0) is 18.7. The summed E-state index contributed by atoms with van der Waals surface area (Å²) in [4.78, 5) is 1.16. The standard InChI is InChI=1S/C18H12ClF2NO2S2/c19-12-5-7-13(8-6-12)25-18-4-2-1-3-17(18)22-26(23,24)14-9-10-15(20)16(21)11-14/h1-11,22H. The van der Waals surface area contributed by atoms with Gasteiger partial charge in [0, 0.05) is 14.8 Å².